The Balaban J connectivity index is 2.29. The van der Waals surface area contributed by atoms with Gasteiger partial charge in [0.05, 0.1) is 11.4 Å². The number of anilines is 1. The highest BCUT2D eigenvalue weighted by atomic mass is 35.5. The molecule has 0 radical (unpaired) electrons. The van der Waals surface area contributed by atoms with Crippen molar-refractivity contribution in [2.45, 2.75) is 0 Å². The summed E-state index contributed by atoms with van der Waals surface area (Å²) < 4.78 is 1.45. The topological polar surface area (TPSA) is 97.1 Å². The lowest BCUT2D eigenvalue weighted by molar-refractivity contribution is -0.131. The van der Waals surface area contributed by atoms with Gasteiger partial charge >= 0.3 is 5.97 Å². The molecule has 1 amide bonds. The number of nitrogens with one attached hydrogen (secondary N) is 1. The van der Waals surface area contributed by atoms with Crippen LogP contribution in [-0.4, -0.2) is 31.7 Å². The normalized spacial score (nSPS) is 10.7. The number of aromatic nitrogens is 3. The zero-order valence-corrected chi connectivity index (χ0v) is 10.8. The van der Waals surface area contributed by atoms with Crippen molar-refractivity contribution in [2.75, 3.05) is 5.32 Å². The molecule has 1 aromatic heterocycles. The van der Waals surface area contributed by atoms with Gasteiger partial charge in [0.2, 0.25) is 5.91 Å². The van der Waals surface area contributed by atoms with Gasteiger partial charge in [0.25, 0.3) is 0 Å². The number of benzene rings is 1. The van der Waals surface area contributed by atoms with Crippen LogP contribution >= 0.6 is 11.6 Å². The molecule has 0 aliphatic heterocycles. The van der Waals surface area contributed by atoms with Crippen LogP contribution in [0.2, 0.25) is 5.02 Å². The Bertz CT molecular complexity index is 667. The number of carbonyl (C=O) groups is 2. The highest BCUT2D eigenvalue weighted by Crippen LogP contribution is 2.23. The fraction of sp³-hybridized carbons (Fsp3) is 0. The predicted octanol–water partition coefficient (Wildman–Crippen LogP) is 1.50. The van der Waals surface area contributed by atoms with Gasteiger partial charge in [-0.2, -0.15) is 5.10 Å². The highest BCUT2D eigenvalue weighted by molar-refractivity contribution is 6.31. The summed E-state index contributed by atoms with van der Waals surface area (Å²) in [6, 6.07) is 4.83. The second kappa shape index (κ2) is 5.98. The van der Waals surface area contributed by atoms with Crippen molar-refractivity contribution in [3.63, 3.8) is 0 Å². The van der Waals surface area contributed by atoms with Crippen molar-refractivity contribution in [2.24, 2.45) is 0 Å². The molecule has 0 aliphatic rings. The quantitative estimate of drug-likeness (QED) is 0.832. The Morgan fingerprint density at radius 3 is 2.80 bits per heavy atom. The molecular formula is C12H9ClN4O3. The van der Waals surface area contributed by atoms with E-state index >= 15 is 0 Å². The van der Waals surface area contributed by atoms with Crippen LogP contribution < -0.4 is 5.32 Å². The molecule has 0 atom stereocenters. The average molecular weight is 293 g/mol. The average Bonchev–Trinajstić information content (AvgIpc) is 2.90. The number of hydrogen-bond acceptors (Lipinski definition) is 4. The number of carbonyl (C=O) groups excluding carboxylic acids is 1. The molecule has 0 aliphatic carbocycles. The van der Waals surface area contributed by atoms with Crippen molar-refractivity contribution in [3.05, 3.63) is 48.0 Å². The van der Waals surface area contributed by atoms with Gasteiger partial charge in [-0.3, -0.25) is 4.79 Å². The molecule has 0 bridgehead atoms. The minimum absolute atomic E-state index is 0.392. The van der Waals surface area contributed by atoms with E-state index < -0.39 is 11.9 Å². The Hall–Kier alpha value is -2.67. The lowest BCUT2D eigenvalue weighted by Crippen LogP contribution is -2.11. The summed E-state index contributed by atoms with van der Waals surface area (Å²) in [6.45, 7) is 0. The number of amides is 1. The van der Waals surface area contributed by atoms with Crippen LogP contribution in [0.5, 0.6) is 0 Å². The summed E-state index contributed by atoms with van der Waals surface area (Å²) in [5.41, 5.74) is 0.951. The fourth-order valence-corrected chi connectivity index (χ4v) is 1.63. The number of rotatable bonds is 4. The van der Waals surface area contributed by atoms with Gasteiger partial charge in [-0.15, -0.1) is 0 Å². The molecule has 0 unspecified atom stereocenters. The summed E-state index contributed by atoms with van der Waals surface area (Å²) >= 11 is 5.88. The van der Waals surface area contributed by atoms with Gasteiger partial charge in [-0.1, -0.05) is 11.6 Å². The third kappa shape index (κ3) is 3.42. The monoisotopic (exact) mass is 292 g/mol. The van der Waals surface area contributed by atoms with Crippen molar-refractivity contribution < 1.29 is 14.7 Å². The Kier molecular flexibility index (Phi) is 4.11. The van der Waals surface area contributed by atoms with E-state index in [9.17, 15) is 9.59 Å². The van der Waals surface area contributed by atoms with Crippen LogP contribution in [0.1, 0.15) is 0 Å². The van der Waals surface area contributed by atoms with Crippen LogP contribution in [0.15, 0.2) is 43.0 Å². The van der Waals surface area contributed by atoms with E-state index in [2.05, 4.69) is 15.4 Å². The van der Waals surface area contributed by atoms with Crippen molar-refractivity contribution in [1.29, 1.82) is 0 Å². The van der Waals surface area contributed by atoms with Crippen LogP contribution in [0, 0.1) is 0 Å². The van der Waals surface area contributed by atoms with Gasteiger partial charge in [0.15, 0.2) is 0 Å². The molecule has 0 saturated heterocycles. The van der Waals surface area contributed by atoms with E-state index in [1.54, 1.807) is 12.1 Å². The molecule has 1 aromatic carbocycles. The second-order valence-corrected chi connectivity index (χ2v) is 4.10. The van der Waals surface area contributed by atoms with E-state index in [1.165, 1.54) is 23.4 Å². The zero-order chi connectivity index (χ0) is 14.5. The number of nitrogens with zero attached hydrogens (tertiary/aromatic N) is 3. The molecule has 2 rings (SSSR count). The molecule has 0 fully saturated rings. The van der Waals surface area contributed by atoms with Crippen LogP contribution in [0.25, 0.3) is 5.69 Å². The molecule has 0 saturated carbocycles. The maximum absolute atomic E-state index is 11.6. The lowest BCUT2D eigenvalue weighted by atomic mass is 10.2. The summed E-state index contributed by atoms with van der Waals surface area (Å²) in [5.74, 6) is -1.79. The van der Waals surface area contributed by atoms with Gasteiger partial charge in [-0.25, -0.2) is 14.5 Å². The van der Waals surface area contributed by atoms with Crippen molar-refractivity contribution in [1.82, 2.24) is 14.8 Å². The second-order valence-electron chi connectivity index (χ2n) is 3.66. The third-order valence-electron chi connectivity index (χ3n) is 2.26. The molecule has 7 nitrogen and oxygen atoms in total. The SMILES string of the molecule is O=C(O)/C=C/C(=O)Nc1cc(Cl)ccc1-n1cncn1. The number of hydrogen-bond donors (Lipinski definition) is 2. The fourth-order valence-electron chi connectivity index (χ4n) is 1.46. The Labute approximate surface area is 118 Å². The van der Waals surface area contributed by atoms with E-state index in [4.69, 9.17) is 16.7 Å². The van der Waals surface area contributed by atoms with Gasteiger partial charge in [-0.05, 0) is 18.2 Å². The molecule has 2 N–H and O–H groups in total. The highest BCUT2D eigenvalue weighted by Gasteiger charge is 2.08. The smallest absolute Gasteiger partial charge is 0.328 e. The van der Waals surface area contributed by atoms with Crippen LogP contribution in [-0.2, 0) is 9.59 Å². The number of halogens is 1. The number of carboxylic acids is 1. The summed E-state index contributed by atoms with van der Waals surface area (Å²) in [6.07, 6.45) is 4.47. The molecular weight excluding hydrogens is 284 g/mol. The molecule has 1 heterocycles. The van der Waals surface area contributed by atoms with E-state index in [-0.39, 0.29) is 0 Å². The predicted molar refractivity (Wildman–Crippen MR) is 71.8 cm³/mol. The van der Waals surface area contributed by atoms with Crippen LogP contribution in [0.4, 0.5) is 5.69 Å². The third-order valence-corrected chi connectivity index (χ3v) is 2.49. The molecule has 2 aromatic rings. The standard InChI is InChI=1S/C12H9ClN4O3/c13-8-1-2-10(17-7-14-6-15-17)9(5-8)16-11(18)3-4-12(19)20/h1-7H,(H,16,18)(H,19,20)/b4-3+. The van der Waals surface area contributed by atoms with E-state index in [1.807, 2.05) is 0 Å². The van der Waals surface area contributed by atoms with Crippen molar-refractivity contribution in [3.8, 4) is 5.69 Å². The van der Waals surface area contributed by atoms with Gasteiger partial charge in [0.1, 0.15) is 12.7 Å². The first-order chi connectivity index (χ1) is 9.56. The van der Waals surface area contributed by atoms with E-state index in [0.717, 1.165) is 12.2 Å². The largest absolute Gasteiger partial charge is 0.478 e. The molecule has 8 heteroatoms. The van der Waals surface area contributed by atoms with E-state index in [0.29, 0.717) is 16.4 Å². The first-order valence-corrected chi connectivity index (χ1v) is 5.80. The minimum Gasteiger partial charge on any atom is -0.478 e. The maximum atomic E-state index is 11.6. The van der Waals surface area contributed by atoms with Gasteiger partial charge in [0, 0.05) is 17.2 Å². The Morgan fingerprint density at radius 1 is 1.35 bits per heavy atom. The molecule has 20 heavy (non-hydrogen) atoms. The van der Waals surface area contributed by atoms with Crippen LogP contribution in [0.3, 0.4) is 0 Å². The number of carboxylic acid groups (broad SMARTS) is 1. The summed E-state index contributed by atoms with van der Waals surface area (Å²) in [7, 11) is 0. The summed E-state index contributed by atoms with van der Waals surface area (Å²) in [5, 5.41) is 15.4. The maximum Gasteiger partial charge on any atom is 0.328 e. The minimum atomic E-state index is -1.21. The lowest BCUT2D eigenvalue weighted by Gasteiger charge is -2.09. The molecule has 102 valence electrons. The summed E-state index contributed by atoms with van der Waals surface area (Å²) in [4.78, 5) is 25.8. The zero-order valence-electron chi connectivity index (χ0n) is 10.0. The first kappa shape index (κ1) is 13.8. The van der Waals surface area contributed by atoms with Crippen molar-refractivity contribution >= 4 is 29.2 Å². The number of aliphatic carboxylic acids is 1. The first-order valence-electron chi connectivity index (χ1n) is 5.43. The molecule has 0 spiro atoms. The Morgan fingerprint density at radius 2 is 2.15 bits per heavy atom. The van der Waals surface area contributed by atoms with Gasteiger partial charge < -0.3 is 10.4 Å².